The van der Waals surface area contributed by atoms with Gasteiger partial charge in [0.1, 0.15) is 0 Å². The number of likely N-dealkylation sites (tertiary alicyclic amines) is 1. The fourth-order valence-corrected chi connectivity index (χ4v) is 3.98. The van der Waals surface area contributed by atoms with Crippen LogP contribution in [0.3, 0.4) is 0 Å². The molecule has 3 nitrogen and oxygen atoms in total. The summed E-state index contributed by atoms with van der Waals surface area (Å²) in [5.41, 5.74) is 2.52. The van der Waals surface area contributed by atoms with Crippen molar-refractivity contribution in [1.29, 1.82) is 0 Å². The zero-order valence-corrected chi connectivity index (χ0v) is 13.1. The Hall–Kier alpha value is -1.35. The van der Waals surface area contributed by atoms with Gasteiger partial charge in [-0.05, 0) is 44.7 Å². The normalized spacial score (nSPS) is 29.1. The van der Waals surface area contributed by atoms with Crippen molar-refractivity contribution in [2.24, 2.45) is 5.92 Å². The average molecular weight is 287 g/mol. The van der Waals surface area contributed by atoms with E-state index in [0.29, 0.717) is 13.1 Å². The molecule has 2 fully saturated rings. The number of rotatable bonds is 1. The molecule has 1 saturated carbocycles. The second-order valence-corrected chi connectivity index (χ2v) is 6.87. The zero-order valence-electron chi connectivity index (χ0n) is 13.1. The van der Waals surface area contributed by atoms with E-state index in [4.69, 9.17) is 0 Å². The number of hydrogen-bond donors (Lipinski definition) is 1. The van der Waals surface area contributed by atoms with Gasteiger partial charge in [0, 0.05) is 24.6 Å². The van der Waals surface area contributed by atoms with Gasteiger partial charge >= 0.3 is 0 Å². The van der Waals surface area contributed by atoms with Crippen molar-refractivity contribution in [3.63, 3.8) is 0 Å². The Labute approximate surface area is 127 Å². The second kappa shape index (κ2) is 5.45. The zero-order chi connectivity index (χ0) is 15.0. The van der Waals surface area contributed by atoms with E-state index in [9.17, 15) is 9.90 Å². The van der Waals surface area contributed by atoms with Gasteiger partial charge in [-0.1, -0.05) is 30.5 Å². The van der Waals surface area contributed by atoms with E-state index in [2.05, 4.69) is 6.07 Å². The summed E-state index contributed by atoms with van der Waals surface area (Å²) < 4.78 is 0. The Balaban J connectivity index is 1.77. The molecule has 1 saturated heterocycles. The lowest BCUT2D eigenvalue weighted by atomic mass is 9.71. The van der Waals surface area contributed by atoms with Crippen molar-refractivity contribution >= 4 is 5.91 Å². The lowest BCUT2D eigenvalue weighted by Gasteiger charge is -2.47. The molecule has 1 aliphatic carbocycles. The van der Waals surface area contributed by atoms with Crippen molar-refractivity contribution < 1.29 is 9.90 Å². The largest absolute Gasteiger partial charge is 0.389 e. The third-order valence-electron chi connectivity index (χ3n) is 5.33. The molecule has 3 heteroatoms. The van der Waals surface area contributed by atoms with Gasteiger partial charge in [0.15, 0.2) is 0 Å². The van der Waals surface area contributed by atoms with E-state index >= 15 is 0 Å². The molecule has 1 aromatic carbocycles. The van der Waals surface area contributed by atoms with Crippen molar-refractivity contribution in [3.8, 4) is 0 Å². The highest BCUT2D eigenvalue weighted by Crippen LogP contribution is 2.40. The predicted octanol–water partition coefficient (Wildman–Crippen LogP) is 3.07. The number of nitrogens with zero attached hydrogens (tertiary/aromatic N) is 1. The van der Waals surface area contributed by atoms with E-state index in [1.807, 2.05) is 30.9 Å². The van der Waals surface area contributed by atoms with Crippen molar-refractivity contribution in [1.82, 2.24) is 4.90 Å². The van der Waals surface area contributed by atoms with Crippen LogP contribution in [0.2, 0.25) is 0 Å². The van der Waals surface area contributed by atoms with Gasteiger partial charge in [0.25, 0.3) is 5.91 Å². The summed E-state index contributed by atoms with van der Waals surface area (Å²) in [7, 11) is 0. The van der Waals surface area contributed by atoms with Crippen molar-refractivity contribution in [2.45, 2.75) is 51.6 Å². The predicted molar refractivity (Wildman–Crippen MR) is 83.3 cm³/mol. The number of carbonyl (C=O) groups excluding carboxylic acids is 1. The van der Waals surface area contributed by atoms with Crippen LogP contribution in [-0.4, -0.2) is 34.6 Å². The topological polar surface area (TPSA) is 40.5 Å². The molecular weight excluding hydrogens is 262 g/mol. The van der Waals surface area contributed by atoms with E-state index < -0.39 is 5.60 Å². The molecule has 2 aliphatic rings. The number of hydrogen-bond acceptors (Lipinski definition) is 2. The smallest absolute Gasteiger partial charge is 0.254 e. The van der Waals surface area contributed by atoms with Crippen LogP contribution in [0, 0.1) is 19.8 Å². The van der Waals surface area contributed by atoms with Crippen LogP contribution in [0.5, 0.6) is 0 Å². The fourth-order valence-electron chi connectivity index (χ4n) is 3.98. The van der Waals surface area contributed by atoms with Gasteiger partial charge in [-0.15, -0.1) is 0 Å². The number of fused-ring (bicyclic) bond motifs is 1. The SMILES string of the molecule is Cc1ccc(C(=O)N2CCC3(O)CCCCC3C2)c(C)c1. The molecule has 2 atom stereocenters. The Kier molecular flexibility index (Phi) is 3.78. The monoisotopic (exact) mass is 287 g/mol. The van der Waals surface area contributed by atoms with Crippen LogP contribution >= 0.6 is 0 Å². The minimum atomic E-state index is -0.517. The second-order valence-electron chi connectivity index (χ2n) is 6.87. The quantitative estimate of drug-likeness (QED) is 0.862. The van der Waals surface area contributed by atoms with Crippen LogP contribution < -0.4 is 0 Å². The van der Waals surface area contributed by atoms with E-state index in [-0.39, 0.29) is 11.8 Å². The van der Waals surface area contributed by atoms with Crippen molar-refractivity contribution in [2.75, 3.05) is 13.1 Å². The number of piperidine rings is 1. The first-order chi connectivity index (χ1) is 9.99. The number of aryl methyl sites for hydroxylation is 2. The highest BCUT2D eigenvalue weighted by molar-refractivity contribution is 5.95. The third kappa shape index (κ3) is 2.71. The summed E-state index contributed by atoms with van der Waals surface area (Å²) in [6, 6.07) is 6.00. The molecule has 21 heavy (non-hydrogen) atoms. The molecule has 0 aromatic heterocycles. The molecule has 1 N–H and O–H groups in total. The summed E-state index contributed by atoms with van der Waals surface area (Å²) in [4.78, 5) is 14.7. The molecule has 2 unspecified atom stereocenters. The summed E-state index contributed by atoms with van der Waals surface area (Å²) in [5.74, 6) is 0.384. The molecule has 114 valence electrons. The first-order valence-corrected chi connectivity index (χ1v) is 8.08. The van der Waals surface area contributed by atoms with Crippen LogP contribution in [0.15, 0.2) is 18.2 Å². The Bertz CT molecular complexity index is 554. The highest BCUT2D eigenvalue weighted by atomic mass is 16.3. The minimum Gasteiger partial charge on any atom is -0.389 e. The number of benzene rings is 1. The first kappa shape index (κ1) is 14.6. The Morgan fingerprint density at radius 1 is 1.29 bits per heavy atom. The summed E-state index contributed by atoms with van der Waals surface area (Å²) >= 11 is 0. The molecule has 0 spiro atoms. The summed E-state index contributed by atoms with van der Waals surface area (Å²) in [5, 5.41) is 10.7. The van der Waals surface area contributed by atoms with Gasteiger partial charge in [0.05, 0.1) is 5.60 Å². The van der Waals surface area contributed by atoms with Crippen LogP contribution in [0.1, 0.15) is 53.6 Å². The average Bonchev–Trinajstić information content (AvgIpc) is 2.45. The molecule has 0 radical (unpaired) electrons. The highest BCUT2D eigenvalue weighted by Gasteiger charge is 2.43. The maximum Gasteiger partial charge on any atom is 0.254 e. The summed E-state index contributed by atoms with van der Waals surface area (Å²) in [6.07, 6.45) is 4.99. The van der Waals surface area contributed by atoms with Gasteiger partial charge in [-0.2, -0.15) is 0 Å². The maximum atomic E-state index is 12.8. The van der Waals surface area contributed by atoms with E-state index in [0.717, 1.165) is 36.8 Å². The van der Waals surface area contributed by atoms with Gasteiger partial charge < -0.3 is 10.0 Å². The lowest BCUT2D eigenvalue weighted by Crippen LogP contribution is -2.54. The number of amides is 1. The van der Waals surface area contributed by atoms with Gasteiger partial charge in [-0.3, -0.25) is 4.79 Å². The summed E-state index contributed by atoms with van der Waals surface area (Å²) in [6.45, 7) is 5.44. The van der Waals surface area contributed by atoms with Crippen LogP contribution in [0.4, 0.5) is 0 Å². The molecular formula is C18H25NO2. The van der Waals surface area contributed by atoms with Gasteiger partial charge in [0.2, 0.25) is 0 Å². The number of aliphatic hydroxyl groups is 1. The molecule has 1 heterocycles. The lowest BCUT2D eigenvalue weighted by molar-refractivity contribution is -0.0886. The number of carbonyl (C=O) groups is 1. The standard InChI is InChI=1S/C18H25NO2/c1-13-6-7-16(14(2)11-13)17(20)19-10-9-18(21)8-4-3-5-15(18)12-19/h6-7,11,15,21H,3-5,8-10,12H2,1-2H3. The Morgan fingerprint density at radius 2 is 2.10 bits per heavy atom. The Morgan fingerprint density at radius 3 is 2.86 bits per heavy atom. The third-order valence-corrected chi connectivity index (χ3v) is 5.33. The van der Waals surface area contributed by atoms with Crippen LogP contribution in [-0.2, 0) is 0 Å². The molecule has 1 aromatic rings. The van der Waals surface area contributed by atoms with Crippen LogP contribution in [0.25, 0.3) is 0 Å². The van der Waals surface area contributed by atoms with E-state index in [1.165, 1.54) is 12.0 Å². The molecule has 1 amide bonds. The molecule has 0 bridgehead atoms. The minimum absolute atomic E-state index is 0.125. The van der Waals surface area contributed by atoms with Crippen molar-refractivity contribution in [3.05, 3.63) is 34.9 Å². The maximum absolute atomic E-state index is 12.8. The fraction of sp³-hybridized carbons (Fsp3) is 0.611. The first-order valence-electron chi connectivity index (χ1n) is 8.08. The van der Waals surface area contributed by atoms with E-state index in [1.54, 1.807) is 0 Å². The van der Waals surface area contributed by atoms with Gasteiger partial charge in [-0.25, -0.2) is 0 Å². The molecule has 1 aliphatic heterocycles. The molecule has 3 rings (SSSR count).